The number of nitrogens with one attached hydrogen (secondary N) is 2. The van der Waals surface area contributed by atoms with Gasteiger partial charge in [-0.25, -0.2) is 0 Å². The normalized spacial score (nSPS) is 10.8. The zero-order valence-electron chi connectivity index (χ0n) is 15.0. The largest absolute Gasteiger partial charge is 0.357 e. The van der Waals surface area contributed by atoms with Gasteiger partial charge in [0.05, 0.1) is 5.75 Å². The van der Waals surface area contributed by atoms with Crippen molar-refractivity contribution in [1.29, 1.82) is 0 Å². The van der Waals surface area contributed by atoms with Crippen LogP contribution in [-0.4, -0.2) is 16.6 Å². The van der Waals surface area contributed by atoms with E-state index >= 15 is 0 Å². The van der Waals surface area contributed by atoms with Crippen molar-refractivity contribution in [3.8, 4) is 0 Å². The van der Waals surface area contributed by atoms with E-state index in [-0.39, 0.29) is 11.3 Å². The van der Waals surface area contributed by atoms with E-state index in [2.05, 4.69) is 17.2 Å². The van der Waals surface area contributed by atoms with Gasteiger partial charge in [-0.1, -0.05) is 30.7 Å². The van der Waals surface area contributed by atoms with E-state index in [1.807, 2.05) is 49.4 Å². The van der Waals surface area contributed by atoms with E-state index in [1.165, 1.54) is 17.3 Å². The number of benzene rings is 2. The third-order valence-electron chi connectivity index (χ3n) is 4.18. The molecule has 0 spiro atoms. The molecule has 0 saturated carbocycles. The van der Waals surface area contributed by atoms with E-state index in [1.54, 1.807) is 6.07 Å². The maximum Gasteiger partial charge on any atom is 0.234 e. The Morgan fingerprint density at radius 1 is 1.12 bits per heavy atom. The van der Waals surface area contributed by atoms with Gasteiger partial charge in [0.15, 0.2) is 5.43 Å². The second-order valence-corrected chi connectivity index (χ2v) is 7.28. The first kappa shape index (κ1) is 18.3. The molecule has 0 aliphatic rings. The Hall–Kier alpha value is -2.53. The number of amides is 1. The monoisotopic (exact) mass is 366 g/mol. The number of carbonyl (C=O) groups excluding carboxylic acids is 1. The Balaban J connectivity index is 1.57. The molecule has 0 atom stereocenters. The SMILES string of the molecule is CCc1ccc(NC(=O)CSCc2cc(=O)c3cc(C)ccc3[nH]2)cc1. The number of aromatic nitrogens is 1. The highest BCUT2D eigenvalue weighted by Crippen LogP contribution is 2.15. The van der Waals surface area contributed by atoms with E-state index < -0.39 is 0 Å². The minimum atomic E-state index is -0.0435. The van der Waals surface area contributed by atoms with Crippen molar-refractivity contribution >= 4 is 34.3 Å². The molecule has 0 radical (unpaired) electrons. The van der Waals surface area contributed by atoms with E-state index in [0.29, 0.717) is 16.9 Å². The summed E-state index contributed by atoms with van der Waals surface area (Å²) in [6.45, 7) is 4.07. The number of thioether (sulfide) groups is 1. The van der Waals surface area contributed by atoms with E-state index in [4.69, 9.17) is 0 Å². The fourth-order valence-electron chi connectivity index (χ4n) is 2.77. The molecule has 0 aliphatic heterocycles. The van der Waals surface area contributed by atoms with Crippen LogP contribution in [0.15, 0.2) is 53.3 Å². The smallest absolute Gasteiger partial charge is 0.234 e. The standard InChI is InChI=1S/C21H22N2O2S/c1-3-15-5-7-16(8-6-15)23-21(25)13-26-12-17-11-20(24)18-10-14(2)4-9-19(18)22-17/h4-11H,3,12-13H2,1-2H3,(H,22,24)(H,23,25). The van der Waals surface area contributed by atoms with Gasteiger partial charge in [0.1, 0.15) is 0 Å². The fourth-order valence-corrected chi connectivity index (χ4v) is 3.50. The molecule has 0 aliphatic carbocycles. The van der Waals surface area contributed by atoms with Gasteiger partial charge in [-0.05, 0) is 43.2 Å². The number of H-pyrrole nitrogens is 1. The highest BCUT2D eigenvalue weighted by Gasteiger charge is 2.06. The van der Waals surface area contributed by atoms with Gasteiger partial charge in [-0.15, -0.1) is 11.8 Å². The fraction of sp³-hybridized carbons (Fsp3) is 0.238. The summed E-state index contributed by atoms with van der Waals surface area (Å²) < 4.78 is 0. The van der Waals surface area contributed by atoms with Crippen LogP contribution in [0.5, 0.6) is 0 Å². The Labute approximate surface area is 157 Å². The second kappa shape index (κ2) is 8.23. The molecule has 0 saturated heterocycles. The summed E-state index contributed by atoms with van der Waals surface area (Å²) in [5, 5.41) is 3.60. The molecular formula is C21H22N2O2S. The van der Waals surface area contributed by atoms with Crippen LogP contribution in [0.3, 0.4) is 0 Å². The van der Waals surface area contributed by atoms with Crippen molar-refractivity contribution in [2.45, 2.75) is 26.0 Å². The van der Waals surface area contributed by atoms with Crippen LogP contribution in [0, 0.1) is 6.92 Å². The van der Waals surface area contributed by atoms with Gasteiger partial charge in [-0.3, -0.25) is 9.59 Å². The maximum atomic E-state index is 12.2. The molecule has 134 valence electrons. The number of hydrogen-bond donors (Lipinski definition) is 2. The van der Waals surface area contributed by atoms with Crippen LogP contribution in [0.2, 0.25) is 0 Å². The number of anilines is 1. The summed E-state index contributed by atoms with van der Waals surface area (Å²) in [6.07, 6.45) is 0.980. The van der Waals surface area contributed by atoms with Crippen LogP contribution < -0.4 is 10.7 Å². The third-order valence-corrected chi connectivity index (χ3v) is 5.16. The van der Waals surface area contributed by atoms with Gasteiger partial charge >= 0.3 is 0 Å². The van der Waals surface area contributed by atoms with Gasteiger partial charge in [0.2, 0.25) is 5.91 Å². The molecule has 1 amide bonds. The number of aryl methyl sites for hydroxylation is 2. The molecule has 2 aromatic carbocycles. The first-order valence-electron chi connectivity index (χ1n) is 8.64. The summed E-state index contributed by atoms with van der Waals surface area (Å²) >= 11 is 1.48. The number of rotatable bonds is 6. The van der Waals surface area contributed by atoms with Crippen molar-refractivity contribution < 1.29 is 4.79 Å². The van der Waals surface area contributed by atoms with Gasteiger partial charge in [-0.2, -0.15) is 0 Å². The molecule has 2 N–H and O–H groups in total. The topological polar surface area (TPSA) is 62.0 Å². The quantitative estimate of drug-likeness (QED) is 0.685. The highest BCUT2D eigenvalue weighted by molar-refractivity contribution is 7.99. The molecule has 0 fully saturated rings. The van der Waals surface area contributed by atoms with Crippen molar-refractivity contribution in [2.24, 2.45) is 0 Å². The number of carbonyl (C=O) groups is 1. The zero-order chi connectivity index (χ0) is 18.5. The molecule has 3 aromatic rings. The summed E-state index contributed by atoms with van der Waals surface area (Å²) in [4.78, 5) is 27.6. The Morgan fingerprint density at radius 2 is 1.88 bits per heavy atom. The van der Waals surface area contributed by atoms with Crippen LogP contribution >= 0.6 is 11.8 Å². The Kier molecular flexibility index (Phi) is 5.78. The summed E-state index contributed by atoms with van der Waals surface area (Å²) in [5.41, 5.74) is 4.79. The van der Waals surface area contributed by atoms with Gasteiger partial charge in [0, 0.05) is 34.1 Å². The Morgan fingerprint density at radius 3 is 2.62 bits per heavy atom. The molecule has 0 bridgehead atoms. The maximum absolute atomic E-state index is 12.2. The molecular weight excluding hydrogens is 344 g/mol. The second-order valence-electron chi connectivity index (χ2n) is 6.30. The number of fused-ring (bicyclic) bond motifs is 1. The summed E-state index contributed by atoms with van der Waals surface area (Å²) in [7, 11) is 0. The van der Waals surface area contributed by atoms with Gasteiger partial charge in [0.25, 0.3) is 0 Å². The van der Waals surface area contributed by atoms with Crippen molar-refractivity contribution in [2.75, 3.05) is 11.1 Å². The summed E-state index contributed by atoms with van der Waals surface area (Å²) in [5.74, 6) is 0.878. The minimum absolute atomic E-state index is 0.0125. The molecule has 26 heavy (non-hydrogen) atoms. The average molecular weight is 366 g/mol. The lowest BCUT2D eigenvalue weighted by Gasteiger charge is -2.07. The highest BCUT2D eigenvalue weighted by atomic mass is 32.2. The third kappa shape index (κ3) is 4.55. The molecule has 3 rings (SSSR count). The average Bonchev–Trinajstić information content (AvgIpc) is 2.63. The van der Waals surface area contributed by atoms with Crippen molar-refractivity contribution in [1.82, 2.24) is 4.98 Å². The van der Waals surface area contributed by atoms with Crippen molar-refractivity contribution in [3.63, 3.8) is 0 Å². The van der Waals surface area contributed by atoms with E-state index in [0.717, 1.165) is 28.9 Å². The molecule has 5 heteroatoms. The molecule has 4 nitrogen and oxygen atoms in total. The Bertz CT molecular complexity index is 977. The van der Waals surface area contributed by atoms with Gasteiger partial charge < -0.3 is 10.3 Å². The zero-order valence-corrected chi connectivity index (χ0v) is 15.8. The van der Waals surface area contributed by atoms with Crippen LogP contribution in [0.25, 0.3) is 10.9 Å². The first-order chi connectivity index (χ1) is 12.5. The minimum Gasteiger partial charge on any atom is -0.357 e. The van der Waals surface area contributed by atoms with Crippen LogP contribution in [0.4, 0.5) is 5.69 Å². The van der Waals surface area contributed by atoms with E-state index in [9.17, 15) is 9.59 Å². The predicted octanol–water partition coefficient (Wildman–Crippen LogP) is 4.27. The molecule has 1 aromatic heterocycles. The lowest BCUT2D eigenvalue weighted by Crippen LogP contribution is -2.14. The lowest BCUT2D eigenvalue weighted by molar-refractivity contribution is -0.113. The summed E-state index contributed by atoms with van der Waals surface area (Å²) in [6, 6.07) is 15.3. The number of pyridine rings is 1. The predicted molar refractivity (Wildman–Crippen MR) is 110 cm³/mol. The lowest BCUT2D eigenvalue weighted by atomic mass is 10.1. The molecule has 1 heterocycles. The van der Waals surface area contributed by atoms with Crippen LogP contribution in [0.1, 0.15) is 23.7 Å². The first-order valence-corrected chi connectivity index (χ1v) is 9.79. The van der Waals surface area contributed by atoms with Crippen molar-refractivity contribution in [3.05, 3.63) is 75.6 Å². The number of hydrogen-bond acceptors (Lipinski definition) is 3. The number of aromatic amines is 1. The molecule has 0 unspecified atom stereocenters. The van der Waals surface area contributed by atoms with Crippen LogP contribution in [-0.2, 0) is 17.0 Å².